The minimum absolute atomic E-state index is 0.0343. The summed E-state index contributed by atoms with van der Waals surface area (Å²) in [5, 5.41) is 27.5. The fourth-order valence-corrected chi connectivity index (χ4v) is 1.60. The van der Waals surface area contributed by atoms with Crippen molar-refractivity contribution in [1.29, 1.82) is 0 Å². The average molecular weight is 160 g/mol. The van der Waals surface area contributed by atoms with E-state index in [-0.39, 0.29) is 12.7 Å². The van der Waals surface area contributed by atoms with Crippen LogP contribution in [0, 0.1) is 0 Å². The van der Waals surface area contributed by atoms with Crippen LogP contribution in [0.15, 0.2) is 0 Å². The zero-order valence-corrected chi connectivity index (χ0v) is 6.66. The molecule has 0 atom stereocenters. The second kappa shape index (κ2) is 3.52. The number of aliphatic hydroxyl groups is 3. The van der Waals surface area contributed by atoms with Crippen LogP contribution in [-0.4, -0.2) is 33.6 Å². The van der Waals surface area contributed by atoms with E-state index in [0.717, 1.165) is 0 Å². The molecule has 0 bridgehead atoms. The topological polar surface area (TPSA) is 60.7 Å². The van der Waals surface area contributed by atoms with E-state index in [1.807, 2.05) is 0 Å². The SMILES string of the molecule is OCC[C@]1(O)CC[C@H](O)CC1. The second-order valence-corrected chi connectivity index (χ2v) is 3.43. The van der Waals surface area contributed by atoms with E-state index in [1.165, 1.54) is 0 Å². The Morgan fingerprint density at radius 1 is 1.27 bits per heavy atom. The summed E-state index contributed by atoms with van der Waals surface area (Å²) in [5.74, 6) is 0. The van der Waals surface area contributed by atoms with Crippen LogP contribution >= 0.6 is 0 Å². The summed E-state index contributed by atoms with van der Waals surface area (Å²) >= 11 is 0. The monoisotopic (exact) mass is 160 g/mol. The van der Waals surface area contributed by atoms with E-state index in [2.05, 4.69) is 0 Å². The van der Waals surface area contributed by atoms with Gasteiger partial charge in [-0.15, -0.1) is 0 Å². The molecule has 1 fully saturated rings. The second-order valence-electron chi connectivity index (χ2n) is 3.43. The summed E-state index contributed by atoms with van der Waals surface area (Å²) in [6.07, 6.45) is 2.77. The number of hydrogen-bond acceptors (Lipinski definition) is 3. The lowest BCUT2D eigenvalue weighted by atomic mass is 9.81. The molecule has 1 aliphatic carbocycles. The molecule has 3 heteroatoms. The highest BCUT2D eigenvalue weighted by atomic mass is 16.3. The smallest absolute Gasteiger partial charge is 0.0671 e. The molecule has 0 aromatic heterocycles. The molecule has 1 saturated carbocycles. The molecular weight excluding hydrogens is 144 g/mol. The van der Waals surface area contributed by atoms with Gasteiger partial charge in [0, 0.05) is 6.61 Å². The van der Waals surface area contributed by atoms with E-state index in [0.29, 0.717) is 32.1 Å². The zero-order valence-electron chi connectivity index (χ0n) is 6.66. The van der Waals surface area contributed by atoms with Crippen molar-refractivity contribution in [3.05, 3.63) is 0 Å². The van der Waals surface area contributed by atoms with Crippen LogP contribution in [0.1, 0.15) is 32.1 Å². The molecule has 0 aliphatic heterocycles. The Hall–Kier alpha value is -0.120. The first-order valence-electron chi connectivity index (χ1n) is 4.18. The number of hydrogen-bond donors (Lipinski definition) is 3. The van der Waals surface area contributed by atoms with Crippen molar-refractivity contribution >= 4 is 0 Å². The third kappa shape index (κ3) is 2.43. The Morgan fingerprint density at radius 2 is 1.82 bits per heavy atom. The first kappa shape index (κ1) is 8.97. The summed E-state index contributed by atoms with van der Waals surface area (Å²) < 4.78 is 0. The fourth-order valence-electron chi connectivity index (χ4n) is 1.60. The molecule has 11 heavy (non-hydrogen) atoms. The highest BCUT2D eigenvalue weighted by Gasteiger charge is 2.31. The number of aliphatic hydroxyl groups excluding tert-OH is 2. The van der Waals surface area contributed by atoms with Crippen LogP contribution in [0.2, 0.25) is 0 Å². The fraction of sp³-hybridized carbons (Fsp3) is 1.00. The van der Waals surface area contributed by atoms with Crippen LogP contribution in [0.3, 0.4) is 0 Å². The van der Waals surface area contributed by atoms with Crippen molar-refractivity contribution in [2.45, 2.75) is 43.8 Å². The van der Waals surface area contributed by atoms with Crippen LogP contribution in [0.4, 0.5) is 0 Å². The summed E-state index contributed by atoms with van der Waals surface area (Å²) in [5.41, 5.74) is -0.700. The van der Waals surface area contributed by atoms with Gasteiger partial charge < -0.3 is 15.3 Å². The lowest BCUT2D eigenvalue weighted by Crippen LogP contribution is -2.36. The van der Waals surface area contributed by atoms with E-state index < -0.39 is 5.60 Å². The molecule has 0 saturated heterocycles. The van der Waals surface area contributed by atoms with Gasteiger partial charge in [0.15, 0.2) is 0 Å². The van der Waals surface area contributed by atoms with Crippen molar-refractivity contribution in [1.82, 2.24) is 0 Å². The summed E-state index contributed by atoms with van der Waals surface area (Å²) in [4.78, 5) is 0. The largest absolute Gasteiger partial charge is 0.396 e. The van der Waals surface area contributed by atoms with Gasteiger partial charge in [0.2, 0.25) is 0 Å². The van der Waals surface area contributed by atoms with Crippen molar-refractivity contribution in [3.8, 4) is 0 Å². The molecule has 0 radical (unpaired) electrons. The molecule has 0 amide bonds. The molecule has 0 unspecified atom stereocenters. The summed E-state index contributed by atoms with van der Waals surface area (Å²) in [6, 6.07) is 0. The molecule has 0 aromatic rings. The maximum Gasteiger partial charge on any atom is 0.0671 e. The van der Waals surface area contributed by atoms with Gasteiger partial charge in [-0.2, -0.15) is 0 Å². The van der Waals surface area contributed by atoms with Crippen LogP contribution < -0.4 is 0 Å². The molecule has 66 valence electrons. The Kier molecular flexibility index (Phi) is 2.87. The normalized spacial score (nSPS) is 39.0. The van der Waals surface area contributed by atoms with Gasteiger partial charge in [-0.25, -0.2) is 0 Å². The van der Waals surface area contributed by atoms with Gasteiger partial charge in [-0.3, -0.25) is 0 Å². The Bertz CT molecular complexity index is 117. The van der Waals surface area contributed by atoms with Crippen molar-refractivity contribution in [3.63, 3.8) is 0 Å². The minimum atomic E-state index is -0.700. The van der Waals surface area contributed by atoms with Gasteiger partial charge in [0.1, 0.15) is 0 Å². The van der Waals surface area contributed by atoms with Crippen molar-refractivity contribution in [2.75, 3.05) is 6.61 Å². The van der Waals surface area contributed by atoms with Crippen molar-refractivity contribution in [2.24, 2.45) is 0 Å². The van der Waals surface area contributed by atoms with E-state index in [4.69, 9.17) is 10.2 Å². The van der Waals surface area contributed by atoms with Crippen LogP contribution in [0.25, 0.3) is 0 Å². The van der Waals surface area contributed by atoms with Gasteiger partial charge in [0.05, 0.1) is 11.7 Å². The zero-order chi connectivity index (χ0) is 8.32. The quantitative estimate of drug-likeness (QED) is 0.534. The Morgan fingerprint density at radius 3 is 2.27 bits per heavy atom. The lowest BCUT2D eigenvalue weighted by Gasteiger charge is -2.33. The Labute approximate surface area is 66.7 Å². The highest BCUT2D eigenvalue weighted by Crippen LogP contribution is 2.30. The van der Waals surface area contributed by atoms with Gasteiger partial charge >= 0.3 is 0 Å². The molecule has 3 nitrogen and oxygen atoms in total. The third-order valence-corrected chi connectivity index (χ3v) is 2.46. The molecule has 0 heterocycles. The van der Waals surface area contributed by atoms with Gasteiger partial charge in [-0.1, -0.05) is 0 Å². The maximum absolute atomic E-state index is 9.72. The number of rotatable bonds is 2. The summed E-state index contributed by atoms with van der Waals surface area (Å²) in [7, 11) is 0. The lowest BCUT2D eigenvalue weighted by molar-refractivity contribution is -0.0458. The summed E-state index contributed by atoms with van der Waals surface area (Å²) in [6.45, 7) is 0.0343. The first-order valence-corrected chi connectivity index (χ1v) is 4.18. The van der Waals surface area contributed by atoms with Gasteiger partial charge in [-0.05, 0) is 32.1 Å². The molecule has 0 spiro atoms. The van der Waals surface area contributed by atoms with E-state index in [9.17, 15) is 5.11 Å². The van der Waals surface area contributed by atoms with E-state index in [1.54, 1.807) is 0 Å². The Balaban J connectivity index is 2.35. The maximum atomic E-state index is 9.72. The van der Waals surface area contributed by atoms with E-state index >= 15 is 0 Å². The molecule has 0 aromatic carbocycles. The highest BCUT2D eigenvalue weighted by molar-refractivity contribution is 4.84. The molecular formula is C8H16O3. The first-order chi connectivity index (χ1) is 5.16. The van der Waals surface area contributed by atoms with Crippen LogP contribution in [-0.2, 0) is 0 Å². The van der Waals surface area contributed by atoms with Crippen molar-refractivity contribution < 1.29 is 15.3 Å². The van der Waals surface area contributed by atoms with Crippen LogP contribution in [0.5, 0.6) is 0 Å². The van der Waals surface area contributed by atoms with Gasteiger partial charge in [0.25, 0.3) is 0 Å². The molecule has 1 rings (SSSR count). The standard InChI is InChI=1S/C8H16O3/c9-6-5-8(11)3-1-7(10)2-4-8/h7,9-11H,1-6H2/t7-,8-. The third-order valence-electron chi connectivity index (χ3n) is 2.46. The molecule has 1 aliphatic rings. The average Bonchev–Trinajstić information content (AvgIpc) is 1.97. The minimum Gasteiger partial charge on any atom is -0.396 e. The molecule has 3 N–H and O–H groups in total. The predicted molar refractivity (Wildman–Crippen MR) is 41.1 cm³/mol. The predicted octanol–water partition coefficient (Wildman–Crippen LogP) is 0.0348.